The monoisotopic (exact) mass is 346 g/mol. The van der Waals surface area contributed by atoms with Gasteiger partial charge in [-0.05, 0) is 44.2 Å². The molecule has 0 aliphatic rings. The second-order valence-electron chi connectivity index (χ2n) is 5.80. The van der Waals surface area contributed by atoms with Gasteiger partial charge in [-0.1, -0.05) is 30.3 Å². The fraction of sp³-hybridized carbons (Fsp3) is 0.100. The maximum Gasteiger partial charge on any atom is 0.274 e. The first-order valence-electron chi connectivity index (χ1n) is 8.11. The number of ketones is 1. The van der Waals surface area contributed by atoms with E-state index >= 15 is 0 Å². The van der Waals surface area contributed by atoms with Gasteiger partial charge in [0, 0.05) is 22.6 Å². The Labute approximate surface area is 151 Å². The molecule has 0 unspecified atom stereocenters. The van der Waals surface area contributed by atoms with Crippen molar-refractivity contribution in [2.45, 2.75) is 13.8 Å². The number of carbonyl (C=O) groups excluding carboxylic acids is 2. The largest absolute Gasteiger partial charge is 0.324 e. The molecule has 0 atom stereocenters. The Bertz CT molecular complexity index is 955. The van der Waals surface area contributed by atoms with Gasteiger partial charge in [0.15, 0.2) is 5.78 Å². The summed E-state index contributed by atoms with van der Waals surface area (Å²) < 4.78 is 0. The third-order valence-electron chi connectivity index (χ3n) is 3.64. The first kappa shape index (κ1) is 17.3. The lowest BCUT2D eigenvalue weighted by Crippen LogP contribution is -2.15. The Morgan fingerprint density at radius 1 is 0.885 bits per heavy atom. The highest BCUT2D eigenvalue weighted by atomic mass is 16.2. The van der Waals surface area contributed by atoms with Crippen molar-refractivity contribution in [2.24, 2.45) is 0 Å². The number of nitrogens with one attached hydrogen (secondary N) is 2. The summed E-state index contributed by atoms with van der Waals surface area (Å²) in [5.74, 6) is -0.0838. The van der Waals surface area contributed by atoms with Crippen LogP contribution in [0.1, 0.15) is 33.5 Å². The molecule has 1 heterocycles. The smallest absolute Gasteiger partial charge is 0.274 e. The molecule has 0 aliphatic carbocycles. The van der Waals surface area contributed by atoms with Crippen LogP contribution in [-0.4, -0.2) is 21.7 Å². The Morgan fingerprint density at radius 2 is 1.62 bits per heavy atom. The predicted octanol–water partition coefficient (Wildman–Crippen LogP) is 3.98. The average Bonchev–Trinajstić information content (AvgIpc) is 2.62. The number of carbonyl (C=O) groups is 2. The molecule has 0 spiro atoms. The van der Waals surface area contributed by atoms with Crippen molar-refractivity contribution in [1.82, 2.24) is 9.97 Å². The minimum atomic E-state index is -0.368. The number of aromatic nitrogens is 2. The van der Waals surface area contributed by atoms with Crippen LogP contribution in [0, 0.1) is 6.92 Å². The number of aryl methyl sites for hydroxylation is 1. The normalized spacial score (nSPS) is 10.2. The molecule has 0 bridgehead atoms. The highest BCUT2D eigenvalue weighted by Crippen LogP contribution is 2.15. The van der Waals surface area contributed by atoms with Gasteiger partial charge in [0.05, 0.1) is 0 Å². The van der Waals surface area contributed by atoms with E-state index in [-0.39, 0.29) is 17.4 Å². The van der Waals surface area contributed by atoms with Crippen LogP contribution in [0.5, 0.6) is 0 Å². The SMILES string of the molecule is CC(=O)c1cccc(NC(=O)c2cc(C)nc(Nc3ccccc3)n2)c1. The Hall–Kier alpha value is -3.54. The molecule has 1 amide bonds. The molecule has 6 heteroatoms. The highest BCUT2D eigenvalue weighted by Gasteiger charge is 2.12. The van der Waals surface area contributed by atoms with Crippen LogP contribution in [0.15, 0.2) is 60.7 Å². The molecule has 0 aliphatic heterocycles. The molecule has 2 N–H and O–H groups in total. The van der Waals surface area contributed by atoms with Gasteiger partial charge in [0.25, 0.3) is 5.91 Å². The van der Waals surface area contributed by atoms with Gasteiger partial charge >= 0.3 is 0 Å². The van der Waals surface area contributed by atoms with Crippen molar-refractivity contribution in [2.75, 3.05) is 10.6 Å². The van der Waals surface area contributed by atoms with E-state index in [2.05, 4.69) is 20.6 Å². The number of benzene rings is 2. The number of Topliss-reactive ketones (excluding diaryl/α,β-unsaturated/α-hetero) is 1. The first-order chi connectivity index (χ1) is 12.5. The van der Waals surface area contributed by atoms with Crippen LogP contribution in [0.2, 0.25) is 0 Å². The van der Waals surface area contributed by atoms with E-state index in [0.717, 1.165) is 5.69 Å². The summed E-state index contributed by atoms with van der Waals surface area (Å²) in [6, 6.07) is 17.9. The van der Waals surface area contributed by atoms with E-state index in [4.69, 9.17) is 0 Å². The van der Waals surface area contributed by atoms with E-state index < -0.39 is 0 Å². The fourth-order valence-electron chi connectivity index (χ4n) is 2.40. The fourth-order valence-corrected chi connectivity index (χ4v) is 2.40. The summed E-state index contributed by atoms with van der Waals surface area (Å²) >= 11 is 0. The van der Waals surface area contributed by atoms with Crippen LogP contribution in [-0.2, 0) is 0 Å². The zero-order valence-corrected chi connectivity index (χ0v) is 14.5. The van der Waals surface area contributed by atoms with Crippen molar-refractivity contribution in [3.05, 3.63) is 77.6 Å². The zero-order chi connectivity index (χ0) is 18.5. The highest BCUT2D eigenvalue weighted by molar-refractivity contribution is 6.04. The van der Waals surface area contributed by atoms with E-state index in [9.17, 15) is 9.59 Å². The minimum Gasteiger partial charge on any atom is -0.324 e. The maximum absolute atomic E-state index is 12.5. The molecule has 1 aromatic heterocycles. The molecule has 0 saturated carbocycles. The van der Waals surface area contributed by atoms with E-state index in [1.165, 1.54) is 6.92 Å². The summed E-state index contributed by atoms with van der Waals surface area (Å²) in [6.45, 7) is 3.28. The quantitative estimate of drug-likeness (QED) is 0.683. The van der Waals surface area contributed by atoms with Crippen molar-refractivity contribution >= 4 is 29.0 Å². The molecule has 3 aromatic rings. The summed E-state index contributed by atoms with van der Waals surface area (Å²) in [5.41, 5.74) is 2.81. The van der Waals surface area contributed by atoms with Gasteiger partial charge in [0.1, 0.15) is 5.69 Å². The molecule has 130 valence electrons. The summed E-state index contributed by atoms with van der Waals surface area (Å²) in [4.78, 5) is 32.6. The topological polar surface area (TPSA) is 84.0 Å². The van der Waals surface area contributed by atoms with Gasteiger partial charge in [-0.15, -0.1) is 0 Å². The molecule has 0 saturated heterocycles. The van der Waals surface area contributed by atoms with E-state index in [1.54, 1.807) is 37.3 Å². The van der Waals surface area contributed by atoms with Crippen molar-refractivity contribution in [3.8, 4) is 0 Å². The third kappa shape index (κ3) is 4.30. The Morgan fingerprint density at radius 3 is 2.35 bits per heavy atom. The van der Waals surface area contributed by atoms with Crippen LogP contribution >= 0.6 is 0 Å². The van der Waals surface area contributed by atoms with Crippen LogP contribution in [0.4, 0.5) is 17.3 Å². The molecule has 0 radical (unpaired) electrons. The van der Waals surface area contributed by atoms with Gasteiger partial charge in [0.2, 0.25) is 5.95 Å². The van der Waals surface area contributed by atoms with Gasteiger partial charge in [-0.3, -0.25) is 9.59 Å². The van der Waals surface area contributed by atoms with Crippen LogP contribution in [0.25, 0.3) is 0 Å². The number of hydrogen-bond donors (Lipinski definition) is 2. The molecule has 26 heavy (non-hydrogen) atoms. The van der Waals surface area contributed by atoms with Crippen molar-refractivity contribution < 1.29 is 9.59 Å². The second kappa shape index (κ2) is 7.57. The number of nitrogens with zero attached hydrogens (tertiary/aromatic N) is 2. The standard InChI is InChI=1S/C20H18N4O2/c1-13-11-18(24-20(21-13)23-16-8-4-3-5-9-16)19(26)22-17-10-6-7-15(12-17)14(2)25/h3-12H,1-2H3,(H,22,26)(H,21,23,24). The predicted molar refractivity (Wildman–Crippen MR) is 101 cm³/mol. The minimum absolute atomic E-state index is 0.0617. The number of hydrogen-bond acceptors (Lipinski definition) is 5. The molecular weight excluding hydrogens is 328 g/mol. The second-order valence-corrected chi connectivity index (χ2v) is 5.80. The van der Waals surface area contributed by atoms with Gasteiger partial charge in [-0.25, -0.2) is 9.97 Å². The number of amides is 1. The number of rotatable bonds is 5. The third-order valence-corrected chi connectivity index (χ3v) is 3.64. The van der Waals surface area contributed by atoms with Crippen molar-refractivity contribution in [3.63, 3.8) is 0 Å². The first-order valence-corrected chi connectivity index (χ1v) is 8.11. The lowest BCUT2D eigenvalue weighted by molar-refractivity contribution is 0.100. The Kier molecular flexibility index (Phi) is 5.03. The summed E-state index contributed by atoms with van der Waals surface area (Å²) in [5, 5.41) is 5.84. The average molecular weight is 346 g/mol. The molecule has 6 nitrogen and oxygen atoms in total. The lowest BCUT2D eigenvalue weighted by Gasteiger charge is -2.09. The van der Waals surface area contributed by atoms with Gasteiger partial charge < -0.3 is 10.6 Å². The van der Waals surface area contributed by atoms with Crippen LogP contribution in [0.3, 0.4) is 0 Å². The van der Waals surface area contributed by atoms with Gasteiger partial charge in [-0.2, -0.15) is 0 Å². The number of anilines is 3. The Balaban J connectivity index is 1.81. The molecule has 3 rings (SSSR count). The van der Waals surface area contributed by atoms with Crippen LogP contribution < -0.4 is 10.6 Å². The van der Waals surface area contributed by atoms with E-state index in [1.807, 2.05) is 30.3 Å². The number of para-hydroxylation sites is 1. The lowest BCUT2D eigenvalue weighted by atomic mass is 10.1. The zero-order valence-electron chi connectivity index (χ0n) is 14.5. The molecule has 2 aromatic carbocycles. The maximum atomic E-state index is 12.5. The van der Waals surface area contributed by atoms with Crippen molar-refractivity contribution in [1.29, 1.82) is 0 Å². The molecule has 0 fully saturated rings. The van der Waals surface area contributed by atoms with E-state index in [0.29, 0.717) is 22.9 Å². The molecular formula is C20H18N4O2. The summed E-state index contributed by atoms with van der Waals surface area (Å²) in [6.07, 6.45) is 0. The summed E-state index contributed by atoms with van der Waals surface area (Å²) in [7, 11) is 0.